The van der Waals surface area contributed by atoms with Crippen molar-refractivity contribution in [3.63, 3.8) is 0 Å². The third-order valence-electron chi connectivity index (χ3n) is 6.95. The van der Waals surface area contributed by atoms with Gasteiger partial charge in [-0.05, 0) is 57.0 Å². The highest BCUT2D eigenvalue weighted by Crippen LogP contribution is 2.32. The van der Waals surface area contributed by atoms with E-state index in [-0.39, 0.29) is 30.3 Å². The summed E-state index contributed by atoms with van der Waals surface area (Å²) in [5, 5.41) is 8.83. The standard InChI is InChI=1S/C26H35N5O4/c1-18(2)31(26(33)19-6-5-7-19)17-25(32)30-14-12-29(13-15-30)24-11-9-21(27-28-24)20-8-10-22(34-3)23(16-20)35-4/h8-11,16,18-19H,5-7,12-15,17H2,1-4H3. The van der Waals surface area contributed by atoms with E-state index in [0.717, 1.165) is 36.3 Å². The van der Waals surface area contributed by atoms with E-state index >= 15 is 0 Å². The van der Waals surface area contributed by atoms with Crippen molar-refractivity contribution in [2.45, 2.75) is 39.2 Å². The van der Waals surface area contributed by atoms with E-state index in [0.29, 0.717) is 37.7 Å². The summed E-state index contributed by atoms with van der Waals surface area (Å²) in [5.74, 6) is 2.33. The number of piperazine rings is 1. The predicted octanol–water partition coefficient (Wildman–Crippen LogP) is 2.85. The van der Waals surface area contributed by atoms with Gasteiger partial charge in [-0.1, -0.05) is 6.42 Å². The first kappa shape index (κ1) is 24.8. The molecule has 0 N–H and O–H groups in total. The zero-order valence-electron chi connectivity index (χ0n) is 21.1. The quantitative estimate of drug-likeness (QED) is 0.573. The second kappa shape index (κ2) is 10.9. The van der Waals surface area contributed by atoms with Crippen LogP contribution in [0.3, 0.4) is 0 Å². The number of nitrogens with zero attached hydrogens (tertiary/aromatic N) is 5. The van der Waals surface area contributed by atoms with Crippen LogP contribution in [-0.2, 0) is 9.59 Å². The van der Waals surface area contributed by atoms with Gasteiger partial charge >= 0.3 is 0 Å². The average molecular weight is 482 g/mol. The lowest BCUT2D eigenvalue weighted by molar-refractivity contribution is -0.146. The molecule has 2 amide bonds. The Balaban J connectivity index is 1.33. The predicted molar refractivity (Wildman–Crippen MR) is 134 cm³/mol. The van der Waals surface area contributed by atoms with Crippen LogP contribution in [-0.4, -0.2) is 84.8 Å². The van der Waals surface area contributed by atoms with Gasteiger partial charge in [0, 0.05) is 43.7 Å². The van der Waals surface area contributed by atoms with Gasteiger partial charge in [0.1, 0.15) is 0 Å². The van der Waals surface area contributed by atoms with Crippen molar-refractivity contribution in [1.82, 2.24) is 20.0 Å². The van der Waals surface area contributed by atoms with Crippen molar-refractivity contribution < 1.29 is 19.1 Å². The summed E-state index contributed by atoms with van der Waals surface area (Å²) in [7, 11) is 3.21. The SMILES string of the molecule is COc1ccc(-c2ccc(N3CCN(C(=O)CN(C(=O)C4CCC4)C(C)C)CC3)nn2)cc1OC. The maximum absolute atomic E-state index is 13.0. The van der Waals surface area contributed by atoms with Crippen LogP contribution in [0.5, 0.6) is 11.5 Å². The molecule has 0 spiro atoms. The van der Waals surface area contributed by atoms with Crippen LogP contribution < -0.4 is 14.4 Å². The van der Waals surface area contributed by atoms with Gasteiger partial charge < -0.3 is 24.2 Å². The second-order valence-corrected chi connectivity index (χ2v) is 9.40. The van der Waals surface area contributed by atoms with Crippen molar-refractivity contribution in [1.29, 1.82) is 0 Å². The minimum Gasteiger partial charge on any atom is -0.493 e. The van der Waals surface area contributed by atoms with Gasteiger partial charge in [-0.3, -0.25) is 9.59 Å². The number of amides is 2. The van der Waals surface area contributed by atoms with E-state index in [1.807, 2.05) is 49.1 Å². The van der Waals surface area contributed by atoms with Gasteiger partial charge in [-0.2, -0.15) is 0 Å². The Kier molecular flexibility index (Phi) is 7.73. The Bertz CT molecular complexity index is 1030. The van der Waals surface area contributed by atoms with Crippen molar-refractivity contribution >= 4 is 17.6 Å². The average Bonchev–Trinajstić information content (AvgIpc) is 2.85. The number of hydrogen-bond donors (Lipinski definition) is 0. The summed E-state index contributed by atoms with van der Waals surface area (Å²) in [6.07, 6.45) is 3.00. The molecule has 35 heavy (non-hydrogen) atoms. The molecule has 188 valence electrons. The first-order chi connectivity index (χ1) is 16.9. The normalized spacial score (nSPS) is 16.1. The van der Waals surface area contributed by atoms with E-state index in [9.17, 15) is 9.59 Å². The molecule has 2 aliphatic rings. The highest BCUT2D eigenvalue weighted by atomic mass is 16.5. The van der Waals surface area contributed by atoms with E-state index in [4.69, 9.17) is 9.47 Å². The molecule has 4 rings (SSSR count). The lowest BCUT2D eigenvalue weighted by atomic mass is 9.84. The van der Waals surface area contributed by atoms with Crippen LogP contribution in [0, 0.1) is 5.92 Å². The molecule has 2 aromatic rings. The number of carbonyl (C=O) groups excluding carboxylic acids is 2. The Hall–Kier alpha value is -3.36. The number of rotatable bonds is 8. The summed E-state index contributed by atoms with van der Waals surface area (Å²) in [6.45, 7) is 6.66. The van der Waals surface area contributed by atoms with Crippen molar-refractivity contribution in [2.75, 3.05) is 51.8 Å². The molecule has 0 unspecified atom stereocenters. The molecule has 0 bridgehead atoms. The molecule has 0 radical (unpaired) electrons. The van der Waals surface area contributed by atoms with Crippen molar-refractivity contribution in [2.24, 2.45) is 5.92 Å². The lowest BCUT2D eigenvalue weighted by Gasteiger charge is -2.38. The van der Waals surface area contributed by atoms with Crippen LogP contribution in [0.25, 0.3) is 11.3 Å². The van der Waals surface area contributed by atoms with E-state index in [1.165, 1.54) is 0 Å². The molecule has 2 fully saturated rings. The van der Waals surface area contributed by atoms with Gasteiger partial charge in [-0.15, -0.1) is 10.2 Å². The second-order valence-electron chi connectivity index (χ2n) is 9.40. The molecule has 1 saturated carbocycles. The monoisotopic (exact) mass is 481 g/mol. The number of hydrogen-bond acceptors (Lipinski definition) is 7. The minimum atomic E-state index is 0.0147. The lowest BCUT2D eigenvalue weighted by Crippen LogP contribution is -2.53. The van der Waals surface area contributed by atoms with Crippen LogP contribution in [0.2, 0.25) is 0 Å². The number of methoxy groups -OCH3 is 2. The molecule has 0 atom stereocenters. The fourth-order valence-electron chi connectivity index (χ4n) is 4.48. The van der Waals surface area contributed by atoms with Gasteiger partial charge in [-0.25, -0.2) is 0 Å². The zero-order chi connectivity index (χ0) is 24.9. The Morgan fingerprint density at radius 2 is 1.71 bits per heavy atom. The van der Waals surface area contributed by atoms with Crippen LogP contribution in [0.15, 0.2) is 30.3 Å². The topological polar surface area (TPSA) is 88.1 Å². The summed E-state index contributed by atoms with van der Waals surface area (Å²) >= 11 is 0. The third-order valence-corrected chi connectivity index (χ3v) is 6.95. The summed E-state index contributed by atoms with van der Waals surface area (Å²) in [5.41, 5.74) is 1.64. The summed E-state index contributed by atoms with van der Waals surface area (Å²) in [6, 6.07) is 9.56. The number of ether oxygens (including phenoxy) is 2. The fraction of sp³-hybridized carbons (Fsp3) is 0.538. The van der Waals surface area contributed by atoms with Crippen LogP contribution in [0.1, 0.15) is 33.1 Å². The van der Waals surface area contributed by atoms with Gasteiger partial charge in [0.25, 0.3) is 0 Å². The molecule has 1 aliphatic heterocycles. The van der Waals surface area contributed by atoms with Crippen molar-refractivity contribution in [3.8, 4) is 22.8 Å². The molecule has 9 heteroatoms. The summed E-state index contributed by atoms with van der Waals surface area (Å²) in [4.78, 5) is 31.4. The number of aromatic nitrogens is 2. The molecule has 1 aromatic heterocycles. The fourth-order valence-corrected chi connectivity index (χ4v) is 4.48. The first-order valence-electron chi connectivity index (χ1n) is 12.3. The number of benzene rings is 1. The maximum Gasteiger partial charge on any atom is 0.242 e. The highest BCUT2D eigenvalue weighted by Gasteiger charge is 2.33. The maximum atomic E-state index is 13.0. The highest BCUT2D eigenvalue weighted by molar-refractivity contribution is 5.86. The Morgan fingerprint density at radius 3 is 2.26 bits per heavy atom. The summed E-state index contributed by atoms with van der Waals surface area (Å²) < 4.78 is 10.7. The smallest absolute Gasteiger partial charge is 0.242 e. The molecule has 1 aromatic carbocycles. The van der Waals surface area contributed by atoms with Crippen LogP contribution >= 0.6 is 0 Å². The molecule has 1 saturated heterocycles. The van der Waals surface area contributed by atoms with E-state index < -0.39 is 0 Å². The molecule has 9 nitrogen and oxygen atoms in total. The minimum absolute atomic E-state index is 0.0147. The van der Waals surface area contributed by atoms with Crippen molar-refractivity contribution in [3.05, 3.63) is 30.3 Å². The van der Waals surface area contributed by atoms with Crippen LogP contribution in [0.4, 0.5) is 5.82 Å². The molecule has 2 heterocycles. The largest absolute Gasteiger partial charge is 0.493 e. The first-order valence-corrected chi connectivity index (χ1v) is 12.3. The molecular weight excluding hydrogens is 446 g/mol. The Morgan fingerprint density at radius 1 is 1.00 bits per heavy atom. The van der Waals surface area contributed by atoms with E-state index in [1.54, 1.807) is 19.1 Å². The number of anilines is 1. The van der Waals surface area contributed by atoms with E-state index in [2.05, 4.69) is 15.1 Å². The molecular formula is C26H35N5O4. The third kappa shape index (κ3) is 5.49. The molecule has 1 aliphatic carbocycles. The van der Waals surface area contributed by atoms with Gasteiger partial charge in [0.05, 0.1) is 26.5 Å². The number of carbonyl (C=O) groups is 2. The Labute approximate surface area is 207 Å². The van der Waals surface area contributed by atoms with Gasteiger partial charge in [0.15, 0.2) is 17.3 Å². The zero-order valence-corrected chi connectivity index (χ0v) is 21.1. The van der Waals surface area contributed by atoms with Gasteiger partial charge in [0.2, 0.25) is 11.8 Å².